The van der Waals surface area contributed by atoms with Gasteiger partial charge in [0, 0.05) is 23.2 Å². The van der Waals surface area contributed by atoms with Crippen LogP contribution in [0.3, 0.4) is 0 Å². The highest BCUT2D eigenvalue weighted by Crippen LogP contribution is 2.71. The van der Waals surface area contributed by atoms with E-state index in [-0.39, 0.29) is 30.5 Å². The largest absolute Gasteiger partial charge is 0.390 e. The van der Waals surface area contributed by atoms with E-state index in [0.29, 0.717) is 19.3 Å². The van der Waals surface area contributed by atoms with E-state index in [1.54, 1.807) is 19.9 Å². The van der Waals surface area contributed by atoms with Crippen LogP contribution in [-0.2, 0) is 9.59 Å². The summed E-state index contributed by atoms with van der Waals surface area (Å²) in [6.45, 7) is 6.63. The standard InChI is InChI=1S/C23H33FO5/c1-12-7-17-16-8-13(2)23(29,19(28)11-25)21(16,4)10-18(27)22(17,24)20(3)6-5-14(26)9-15(12)20/h9,12-13,16-18,25,27,29H,5-8,10-11H2,1-4H3/t12-,13+,16-,17-,18-,20-,21-,22-,23-/m0/s1. The smallest absolute Gasteiger partial charge is 0.190 e. The second-order valence-corrected chi connectivity index (χ2v) is 10.6. The van der Waals surface area contributed by atoms with E-state index in [9.17, 15) is 24.9 Å². The summed E-state index contributed by atoms with van der Waals surface area (Å²) in [6, 6.07) is 0. The van der Waals surface area contributed by atoms with E-state index in [2.05, 4.69) is 0 Å². The Labute approximate surface area is 171 Å². The summed E-state index contributed by atoms with van der Waals surface area (Å²) in [5.74, 6) is -1.88. The molecule has 4 aliphatic carbocycles. The highest BCUT2D eigenvalue weighted by molar-refractivity contribution is 5.92. The van der Waals surface area contributed by atoms with E-state index >= 15 is 4.39 Å². The Kier molecular flexibility index (Phi) is 4.52. The Morgan fingerprint density at radius 3 is 2.52 bits per heavy atom. The molecule has 0 saturated heterocycles. The van der Waals surface area contributed by atoms with Gasteiger partial charge in [-0.1, -0.05) is 33.3 Å². The van der Waals surface area contributed by atoms with Gasteiger partial charge in [-0.05, 0) is 49.5 Å². The lowest BCUT2D eigenvalue weighted by Gasteiger charge is -2.64. The lowest BCUT2D eigenvalue weighted by molar-refractivity contribution is -0.232. The number of hydrogen-bond acceptors (Lipinski definition) is 5. The summed E-state index contributed by atoms with van der Waals surface area (Å²) in [4.78, 5) is 24.7. The third-order valence-electron chi connectivity index (χ3n) is 9.52. The highest BCUT2D eigenvalue weighted by atomic mass is 19.1. The number of fused-ring (bicyclic) bond motifs is 5. The molecule has 6 heteroatoms. The van der Waals surface area contributed by atoms with Crippen molar-refractivity contribution >= 4 is 11.6 Å². The predicted molar refractivity (Wildman–Crippen MR) is 105 cm³/mol. The van der Waals surface area contributed by atoms with Crippen LogP contribution in [-0.4, -0.2) is 50.9 Å². The SMILES string of the molecule is C[C@@H]1C[C@H]2[C@@H]3C[C@H](C)C4=CC(=O)CC[C@]4(C)[C@@]3(F)[C@@H](O)C[C@]2(C)[C@@]1(O)C(=O)CO. The summed E-state index contributed by atoms with van der Waals surface area (Å²) in [7, 11) is 0. The molecule has 0 spiro atoms. The van der Waals surface area contributed by atoms with Crippen LogP contribution in [0.5, 0.6) is 0 Å². The molecule has 5 nitrogen and oxygen atoms in total. The van der Waals surface area contributed by atoms with Crippen molar-refractivity contribution < 1.29 is 29.3 Å². The van der Waals surface area contributed by atoms with Crippen LogP contribution in [0.15, 0.2) is 11.6 Å². The fourth-order valence-corrected chi connectivity index (χ4v) is 8.02. The van der Waals surface area contributed by atoms with Crippen molar-refractivity contribution in [1.29, 1.82) is 0 Å². The Hall–Kier alpha value is -1.11. The summed E-state index contributed by atoms with van der Waals surface area (Å²) in [5, 5.41) is 32.2. The quantitative estimate of drug-likeness (QED) is 0.652. The van der Waals surface area contributed by atoms with Gasteiger partial charge in [0.25, 0.3) is 0 Å². The van der Waals surface area contributed by atoms with Gasteiger partial charge in [0.1, 0.15) is 17.9 Å². The van der Waals surface area contributed by atoms with E-state index in [1.807, 2.05) is 13.8 Å². The van der Waals surface area contributed by atoms with E-state index < -0.39 is 52.4 Å². The average Bonchev–Trinajstić information content (AvgIpc) is 2.86. The van der Waals surface area contributed by atoms with Crippen LogP contribution in [0.2, 0.25) is 0 Å². The predicted octanol–water partition coefficient (Wildman–Crippen LogP) is 2.37. The number of allylic oxidation sites excluding steroid dienone is 1. The zero-order valence-electron chi connectivity index (χ0n) is 17.7. The molecule has 0 radical (unpaired) electrons. The Morgan fingerprint density at radius 1 is 1.24 bits per heavy atom. The molecular formula is C23H33FO5. The molecular weight excluding hydrogens is 375 g/mol. The Bertz CT molecular complexity index is 794. The van der Waals surface area contributed by atoms with Crippen LogP contribution in [0.1, 0.15) is 59.8 Å². The molecule has 3 saturated carbocycles. The van der Waals surface area contributed by atoms with Crippen molar-refractivity contribution in [3.63, 3.8) is 0 Å². The number of alkyl halides is 1. The first kappa shape index (κ1) is 21.1. The molecule has 0 unspecified atom stereocenters. The molecule has 0 bridgehead atoms. The van der Waals surface area contributed by atoms with Gasteiger partial charge in [-0.15, -0.1) is 0 Å². The summed E-state index contributed by atoms with van der Waals surface area (Å²) in [6.07, 6.45) is 1.78. The molecule has 3 N–H and O–H groups in total. The van der Waals surface area contributed by atoms with Crippen molar-refractivity contribution in [2.45, 2.75) is 77.2 Å². The maximum Gasteiger partial charge on any atom is 0.190 e. The van der Waals surface area contributed by atoms with Crippen molar-refractivity contribution in [1.82, 2.24) is 0 Å². The fraction of sp³-hybridized carbons (Fsp3) is 0.826. The normalized spacial score (nSPS) is 54.3. The monoisotopic (exact) mass is 408 g/mol. The van der Waals surface area contributed by atoms with Crippen LogP contribution in [0.25, 0.3) is 0 Å². The first-order valence-corrected chi connectivity index (χ1v) is 10.9. The molecule has 29 heavy (non-hydrogen) atoms. The van der Waals surface area contributed by atoms with Crippen LogP contribution < -0.4 is 0 Å². The lowest BCUT2D eigenvalue weighted by Crippen LogP contribution is -2.70. The van der Waals surface area contributed by atoms with Crippen molar-refractivity contribution in [3.8, 4) is 0 Å². The van der Waals surface area contributed by atoms with Gasteiger partial charge in [-0.25, -0.2) is 4.39 Å². The van der Waals surface area contributed by atoms with E-state index in [4.69, 9.17) is 0 Å². The van der Waals surface area contributed by atoms with Crippen molar-refractivity contribution in [2.75, 3.05) is 6.61 Å². The summed E-state index contributed by atoms with van der Waals surface area (Å²) in [5.41, 5.74) is -4.84. The minimum atomic E-state index is -1.91. The number of hydrogen-bond donors (Lipinski definition) is 3. The number of aliphatic hydroxyl groups is 3. The van der Waals surface area contributed by atoms with Crippen LogP contribution in [0.4, 0.5) is 4.39 Å². The van der Waals surface area contributed by atoms with Gasteiger partial charge >= 0.3 is 0 Å². The van der Waals surface area contributed by atoms with Crippen LogP contribution >= 0.6 is 0 Å². The highest BCUT2D eigenvalue weighted by Gasteiger charge is 2.76. The van der Waals surface area contributed by atoms with Gasteiger partial charge in [-0.2, -0.15) is 0 Å². The molecule has 0 aromatic rings. The Morgan fingerprint density at radius 2 is 1.90 bits per heavy atom. The van der Waals surface area contributed by atoms with Gasteiger partial charge in [0.15, 0.2) is 11.6 Å². The Balaban J connectivity index is 1.86. The topological polar surface area (TPSA) is 94.8 Å². The molecule has 0 aromatic carbocycles. The van der Waals surface area contributed by atoms with Crippen molar-refractivity contribution in [2.24, 2.45) is 34.5 Å². The number of halogens is 1. The first-order valence-electron chi connectivity index (χ1n) is 10.9. The molecule has 162 valence electrons. The van der Waals surface area contributed by atoms with Crippen LogP contribution in [0, 0.1) is 34.5 Å². The zero-order chi connectivity index (χ0) is 21.6. The van der Waals surface area contributed by atoms with E-state index in [0.717, 1.165) is 5.57 Å². The molecule has 0 heterocycles. The minimum Gasteiger partial charge on any atom is -0.390 e. The summed E-state index contributed by atoms with van der Waals surface area (Å²) >= 11 is 0. The maximum atomic E-state index is 17.1. The van der Waals surface area contributed by atoms with E-state index in [1.165, 1.54) is 0 Å². The molecule has 0 aromatic heterocycles. The van der Waals surface area contributed by atoms with Gasteiger partial charge in [0.05, 0.1) is 6.10 Å². The minimum absolute atomic E-state index is 0.00906. The number of ketones is 2. The maximum absolute atomic E-state index is 17.1. The second kappa shape index (κ2) is 6.21. The molecule has 0 aliphatic heterocycles. The molecule has 9 atom stereocenters. The van der Waals surface area contributed by atoms with Gasteiger partial charge in [-0.3, -0.25) is 9.59 Å². The van der Waals surface area contributed by atoms with Gasteiger partial charge in [0.2, 0.25) is 0 Å². The van der Waals surface area contributed by atoms with Gasteiger partial charge < -0.3 is 15.3 Å². The zero-order valence-corrected chi connectivity index (χ0v) is 17.7. The molecule has 0 amide bonds. The summed E-state index contributed by atoms with van der Waals surface area (Å²) < 4.78 is 17.1. The third kappa shape index (κ3) is 2.26. The number of rotatable bonds is 2. The first-order chi connectivity index (χ1) is 13.4. The average molecular weight is 409 g/mol. The molecule has 3 fully saturated rings. The number of carbonyl (C=O) groups excluding carboxylic acids is 2. The number of aliphatic hydroxyl groups excluding tert-OH is 2. The number of Topliss-reactive ketones (excluding diaryl/α,β-unsaturated/α-hetero) is 1. The number of carbonyl (C=O) groups is 2. The molecule has 4 rings (SSSR count). The third-order valence-corrected chi connectivity index (χ3v) is 9.52. The van der Waals surface area contributed by atoms with Crippen molar-refractivity contribution in [3.05, 3.63) is 11.6 Å². The molecule has 4 aliphatic rings. The lowest BCUT2D eigenvalue weighted by atomic mass is 9.42. The second-order valence-electron chi connectivity index (χ2n) is 10.6. The fourth-order valence-electron chi connectivity index (χ4n) is 8.02.